The zero-order chi connectivity index (χ0) is 13.2. The van der Waals surface area contributed by atoms with Gasteiger partial charge in [-0.2, -0.15) is 5.10 Å². The minimum absolute atomic E-state index is 0.504. The Bertz CT molecular complexity index is 381. The van der Waals surface area contributed by atoms with Crippen LogP contribution >= 0.6 is 0 Å². The highest BCUT2D eigenvalue weighted by Crippen LogP contribution is 2.42. The van der Waals surface area contributed by atoms with Gasteiger partial charge in [0.25, 0.3) is 0 Å². The molecule has 0 amide bonds. The van der Waals surface area contributed by atoms with Gasteiger partial charge in [0.1, 0.15) is 0 Å². The van der Waals surface area contributed by atoms with Crippen molar-refractivity contribution in [2.24, 2.45) is 24.3 Å². The first-order valence-electron chi connectivity index (χ1n) is 7.13. The van der Waals surface area contributed by atoms with E-state index < -0.39 is 0 Å². The lowest BCUT2D eigenvalue weighted by atomic mass is 9.66. The summed E-state index contributed by atoms with van der Waals surface area (Å²) in [6, 6.07) is 2.16. The van der Waals surface area contributed by atoms with Gasteiger partial charge in [0.05, 0.1) is 5.69 Å². The van der Waals surface area contributed by atoms with Crippen molar-refractivity contribution in [2.75, 3.05) is 13.6 Å². The predicted octanol–water partition coefficient (Wildman–Crippen LogP) is 2.62. The van der Waals surface area contributed by atoms with Crippen molar-refractivity contribution < 1.29 is 0 Å². The summed E-state index contributed by atoms with van der Waals surface area (Å²) in [6.45, 7) is 5.97. The van der Waals surface area contributed by atoms with E-state index in [-0.39, 0.29) is 0 Å². The average molecular weight is 249 g/mol. The molecule has 1 fully saturated rings. The molecule has 102 valence electrons. The highest BCUT2D eigenvalue weighted by molar-refractivity contribution is 5.02. The van der Waals surface area contributed by atoms with E-state index in [1.165, 1.54) is 25.0 Å². The summed E-state index contributed by atoms with van der Waals surface area (Å²) in [5.74, 6) is 1.58. The van der Waals surface area contributed by atoms with Crippen molar-refractivity contribution in [3.8, 4) is 0 Å². The Kier molecular flexibility index (Phi) is 4.10. The molecule has 3 nitrogen and oxygen atoms in total. The second-order valence-corrected chi connectivity index (χ2v) is 6.67. The lowest BCUT2D eigenvalue weighted by Crippen LogP contribution is -2.36. The molecule has 18 heavy (non-hydrogen) atoms. The monoisotopic (exact) mass is 249 g/mol. The van der Waals surface area contributed by atoms with Gasteiger partial charge in [0.2, 0.25) is 0 Å². The topological polar surface area (TPSA) is 29.9 Å². The van der Waals surface area contributed by atoms with E-state index in [9.17, 15) is 0 Å². The molecule has 2 unspecified atom stereocenters. The largest absolute Gasteiger partial charge is 0.319 e. The Hall–Kier alpha value is -0.830. The summed E-state index contributed by atoms with van der Waals surface area (Å²) in [5.41, 5.74) is 1.75. The Labute approximate surface area is 111 Å². The summed E-state index contributed by atoms with van der Waals surface area (Å²) >= 11 is 0. The van der Waals surface area contributed by atoms with Gasteiger partial charge in [0.15, 0.2) is 0 Å². The fourth-order valence-corrected chi connectivity index (χ4v) is 3.40. The van der Waals surface area contributed by atoms with Gasteiger partial charge in [-0.25, -0.2) is 0 Å². The second-order valence-electron chi connectivity index (χ2n) is 6.67. The number of hydrogen-bond donors (Lipinski definition) is 1. The molecular formula is C15H27N3. The lowest BCUT2D eigenvalue weighted by Gasteiger charge is -2.40. The van der Waals surface area contributed by atoms with Crippen LogP contribution in [0, 0.1) is 17.3 Å². The third kappa shape index (κ3) is 3.35. The number of hydrogen-bond acceptors (Lipinski definition) is 2. The molecule has 1 aliphatic rings. The van der Waals surface area contributed by atoms with E-state index in [1.807, 2.05) is 11.7 Å². The molecular weight excluding hydrogens is 222 g/mol. The fourth-order valence-electron chi connectivity index (χ4n) is 3.40. The molecule has 1 heterocycles. The molecule has 1 aliphatic carbocycles. The van der Waals surface area contributed by atoms with Crippen LogP contribution in [0.2, 0.25) is 0 Å². The number of nitrogens with one attached hydrogen (secondary N) is 1. The molecule has 2 rings (SSSR count). The molecule has 1 aromatic rings. The molecule has 0 radical (unpaired) electrons. The molecule has 1 N–H and O–H groups in total. The Morgan fingerprint density at radius 1 is 1.44 bits per heavy atom. The second kappa shape index (κ2) is 5.43. The molecule has 0 saturated heterocycles. The third-order valence-corrected chi connectivity index (χ3v) is 4.38. The highest BCUT2D eigenvalue weighted by atomic mass is 15.2. The summed E-state index contributed by atoms with van der Waals surface area (Å²) in [4.78, 5) is 0. The van der Waals surface area contributed by atoms with Crippen molar-refractivity contribution in [1.29, 1.82) is 0 Å². The average Bonchev–Trinajstić information content (AvgIpc) is 2.68. The summed E-state index contributed by atoms with van der Waals surface area (Å²) in [7, 11) is 4.07. The van der Waals surface area contributed by atoms with Crippen molar-refractivity contribution in [1.82, 2.24) is 15.1 Å². The first-order chi connectivity index (χ1) is 8.50. The van der Waals surface area contributed by atoms with Gasteiger partial charge in [-0.3, -0.25) is 4.68 Å². The van der Waals surface area contributed by atoms with Crippen molar-refractivity contribution >= 4 is 0 Å². The number of rotatable bonds is 4. The Morgan fingerprint density at radius 3 is 2.83 bits per heavy atom. The van der Waals surface area contributed by atoms with Crippen LogP contribution in [0.5, 0.6) is 0 Å². The van der Waals surface area contributed by atoms with Crippen LogP contribution in [0.15, 0.2) is 12.3 Å². The van der Waals surface area contributed by atoms with Crippen molar-refractivity contribution in [3.63, 3.8) is 0 Å². The quantitative estimate of drug-likeness (QED) is 0.889. The molecule has 0 bridgehead atoms. The van der Waals surface area contributed by atoms with Gasteiger partial charge in [-0.15, -0.1) is 0 Å². The fraction of sp³-hybridized carbons (Fsp3) is 0.800. The van der Waals surface area contributed by atoms with E-state index >= 15 is 0 Å². The predicted molar refractivity (Wildman–Crippen MR) is 75.5 cm³/mol. The van der Waals surface area contributed by atoms with Crippen molar-refractivity contribution in [3.05, 3.63) is 18.0 Å². The standard InChI is InChI=1S/C15H27N3/c1-15(2)7-5-12(11-16-3)13(10-15)9-14-6-8-18(4)17-14/h6,8,12-13,16H,5,7,9-11H2,1-4H3. The number of aryl methyl sites for hydroxylation is 1. The van der Waals surface area contributed by atoms with E-state index in [2.05, 4.69) is 43.6 Å². The minimum Gasteiger partial charge on any atom is -0.319 e. The third-order valence-electron chi connectivity index (χ3n) is 4.38. The van der Waals surface area contributed by atoms with E-state index in [4.69, 9.17) is 0 Å². The minimum atomic E-state index is 0.504. The van der Waals surface area contributed by atoms with Crippen LogP contribution in [0.25, 0.3) is 0 Å². The SMILES string of the molecule is CNCC1CCC(C)(C)CC1Cc1ccn(C)n1. The molecule has 3 heteroatoms. The molecule has 0 aliphatic heterocycles. The van der Waals surface area contributed by atoms with Gasteiger partial charge in [0, 0.05) is 13.2 Å². The summed E-state index contributed by atoms with van der Waals surface area (Å²) < 4.78 is 1.91. The van der Waals surface area contributed by atoms with E-state index in [0.717, 1.165) is 24.8 Å². The molecule has 2 atom stereocenters. The molecule has 0 aromatic carbocycles. The molecule has 0 spiro atoms. The van der Waals surface area contributed by atoms with E-state index in [0.29, 0.717) is 5.41 Å². The van der Waals surface area contributed by atoms with Crippen LogP contribution in [-0.4, -0.2) is 23.4 Å². The normalized spacial score (nSPS) is 27.3. The first-order valence-corrected chi connectivity index (χ1v) is 7.13. The highest BCUT2D eigenvalue weighted by Gasteiger charge is 2.34. The number of aromatic nitrogens is 2. The van der Waals surface area contributed by atoms with Crippen LogP contribution in [0.1, 0.15) is 38.8 Å². The summed E-state index contributed by atoms with van der Waals surface area (Å²) in [6.07, 6.45) is 7.23. The Morgan fingerprint density at radius 2 is 2.22 bits per heavy atom. The maximum atomic E-state index is 4.54. The van der Waals surface area contributed by atoms with Gasteiger partial charge in [-0.05, 0) is 62.6 Å². The maximum Gasteiger partial charge on any atom is 0.0627 e. The van der Waals surface area contributed by atoms with Crippen molar-refractivity contribution in [2.45, 2.75) is 39.5 Å². The van der Waals surface area contributed by atoms with Crippen LogP contribution < -0.4 is 5.32 Å². The zero-order valence-electron chi connectivity index (χ0n) is 12.2. The van der Waals surface area contributed by atoms with Crippen LogP contribution in [0.3, 0.4) is 0 Å². The van der Waals surface area contributed by atoms with Crippen LogP contribution in [0.4, 0.5) is 0 Å². The first kappa shape index (κ1) is 13.6. The molecule has 1 aromatic heterocycles. The van der Waals surface area contributed by atoms with Crippen LogP contribution in [-0.2, 0) is 13.5 Å². The van der Waals surface area contributed by atoms with Gasteiger partial charge in [-0.1, -0.05) is 13.8 Å². The zero-order valence-corrected chi connectivity index (χ0v) is 12.2. The van der Waals surface area contributed by atoms with Gasteiger partial charge < -0.3 is 5.32 Å². The number of nitrogens with zero attached hydrogens (tertiary/aromatic N) is 2. The van der Waals surface area contributed by atoms with E-state index in [1.54, 1.807) is 0 Å². The maximum absolute atomic E-state index is 4.54. The summed E-state index contributed by atoms with van der Waals surface area (Å²) in [5, 5.41) is 7.90. The lowest BCUT2D eigenvalue weighted by molar-refractivity contribution is 0.116. The van der Waals surface area contributed by atoms with Gasteiger partial charge >= 0.3 is 0 Å². The Balaban J connectivity index is 2.05. The molecule has 1 saturated carbocycles. The smallest absolute Gasteiger partial charge is 0.0627 e.